The molecule has 0 bridgehead atoms. The molecule has 9 heteroatoms. The Morgan fingerprint density at radius 2 is 1.00 bits per heavy atom. The number of benzene rings is 2. The molecular formula is C26H26CuN4O4. The summed E-state index contributed by atoms with van der Waals surface area (Å²) < 4.78 is 0. The van der Waals surface area contributed by atoms with Gasteiger partial charge in [0.2, 0.25) is 0 Å². The zero-order valence-corrected chi connectivity index (χ0v) is 20.9. The van der Waals surface area contributed by atoms with E-state index in [2.05, 4.69) is 10.2 Å². The molecule has 0 aliphatic carbocycles. The maximum absolute atomic E-state index is 12.1. The van der Waals surface area contributed by atoms with Crippen molar-refractivity contribution in [2.75, 3.05) is 10.0 Å². The van der Waals surface area contributed by atoms with Gasteiger partial charge in [-0.2, -0.15) is 20.2 Å². The van der Waals surface area contributed by atoms with Crippen LogP contribution in [0.15, 0.2) is 93.5 Å². The summed E-state index contributed by atoms with van der Waals surface area (Å²) in [7, 11) is 0. The standard InChI is InChI=1S/2C13H14N2O2.Cu/c2*1-3-11(16)12-9(2)14-15(13(12)17)10-7-5-4-6-8-10;/h2*4-8,16H,3H2,1-2H3;/q;;+2/p-2/b2*12-11-;. The van der Waals surface area contributed by atoms with Crippen molar-refractivity contribution in [1.29, 1.82) is 0 Å². The Hall–Kier alpha value is -3.68. The molecule has 2 aliphatic heterocycles. The molecule has 2 aromatic carbocycles. The average Bonchev–Trinajstić information content (AvgIpc) is 3.33. The maximum Gasteiger partial charge on any atom is 2.00 e. The van der Waals surface area contributed by atoms with Gasteiger partial charge in [0, 0.05) is 0 Å². The number of anilines is 2. The molecule has 0 saturated heterocycles. The largest absolute Gasteiger partial charge is 2.00 e. The first kappa shape index (κ1) is 27.6. The maximum atomic E-state index is 12.1. The Labute approximate surface area is 215 Å². The molecule has 4 rings (SSSR count). The number of allylic oxidation sites excluding steroid dienone is 2. The zero-order valence-electron chi connectivity index (χ0n) is 19.9. The van der Waals surface area contributed by atoms with Crippen molar-refractivity contribution in [3.05, 3.63) is 83.3 Å². The number of carbonyl (C=O) groups is 2. The van der Waals surface area contributed by atoms with Crippen molar-refractivity contribution >= 4 is 34.6 Å². The second-order valence-electron chi connectivity index (χ2n) is 7.58. The van der Waals surface area contributed by atoms with Crippen LogP contribution in [0.5, 0.6) is 0 Å². The fourth-order valence-electron chi connectivity index (χ4n) is 3.50. The Kier molecular flexibility index (Phi) is 9.57. The van der Waals surface area contributed by atoms with E-state index in [1.54, 1.807) is 52.0 Å². The fraction of sp³-hybridized carbons (Fsp3) is 0.231. The minimum atomic E-state index is -0.333. The van der Waals surface area contributed by atoms with E-state index in [-0.39, 0.29) is 51.5 Å². The molecule has 8 nitrogen and oxygen atoms in total. The van der Waals surface area contributed by atoms with Crippen LogP contribution in [0.1, 0.15) is 40.5 Å². The summed E-state index contributed by atoms with van der Waals surface area (Å²) in [5, 5.41) is 34.1. The van der Waals surface area contributed by atoms with Crippen molar-refractivity contribution in [2.45, 2.75) is 40.5 Å². The molecule has 0 saturated carbocycles. The topological polar surface area (TPSA) is 111 Å². The molecule has 35 heavy (non-hydrogen) atoms. The van der Waals surface area contributed by atoms with Gasteiger partial charge in [0.15, 0.2) is 0 Å². The quantitative estimate of drug-likeness (QED) is 0.350. The van der Waals surface area contributed by atoms with Crippen molar-refractivity contribution < 1.29 is 36.9 Å². The van der Waals surface area contributed by atoms with Crippen LogP contribution in [0.3, 0.4) is 0 Å². The fourth-order valence-corrected chi connectivity index (χ4v) is 3.50. The molecule has 185 valence electrons. The Morgan fingerprint density at radius 3 is 1.29 bits per heavy atom. The van der Waals surface area contributed by atoms with Crippen molar-refractivity contribution in [3.63, 3.8) is 0 Å². The van der Waals surface area contributed by atoms with Gasteiger partial charge in [-0.1, -0.05) is 50.2 Å². The number of hydrogen-bond donors (Lipinski definition) is 0. The molecule has 0 unspecified atom stereocenters. The molecule has 2 amide bonds. The summed E-state index contributed by atoms with van der Waals surface area (Å²) >= 11 is 0. The smallest absolute Gasteiger partial charge is 0.875 e. The van der Waals surface area contributed by atoms with Crippen LogP contribution in [0.25, 0.3) is 0 Å². The van der Waals surface area contributed by atoms with Crippen molar-refractivity contribution in [3.8, 4) is 0 Å². The molecule has 0 aromatic heterocycles. The first-order valence-corrected chi connectivity index (χ1v) is 11.0. The third-order valence-electron chi connectivity index (χ3n) is 5.24. The van der Waals surface area contributed by atoms with E-state index in [4.69, 9.17) is 0 Å². The first-order chi connectivity index (χ1) is 16.3. The molecule has 1 radical (unpaired) electrons. The zero-order chi connectivity index (χ0) is 24.8. The predicted molar refractivity (Wildman–Crippen MR) is 129 cm³/mol. The number of nitrogens with zero attached hydrogens (tertiary/aromatic N) is 4. The molecule has 0 N–H and O–H groups in total. The summed E-state index contributed by atoms with van der Waals surface area (Å²) in [6, 6.07) is 18.2. The molecule has 0 spiro atoms. The van der Waals surface area contributed by atoms with Gasteiger partial charge >= 0.3 is 17.1 Å². The van der Waals surface area contributed by atoms with Gasteiger partial charge in [0.25, 0.3) is 11.8 Å². The van der Waals surface area contributed by atoms with E-state index in [0.717, 1.165) is 0 Å². The average molecular weight is 522 g/mol. The van der Waals surface area contributed by atoms with E-state index in [0.29, 0.717) is 35.6 Å². The van der Waals surface area contributed by atoms with E-state index >= 15 is 0 Å². The third-order valence-corrected chi connectivity index (χ3v) is 5.24. The van der Waals surface area contributed by atoms with E-state index in [1.165, 1.54) is 10.0 Å². The van der Waals surface area contributed by atoms with Gasteiger partial charge in [0.05, 0.1) is 33.9 Å². The number of rotatable bonds is 4. The Morgan fingerprint density at radius 1 is 0.686 bits per heavy atom. The Balaban J connectivity index is 0.000000240. The van der Waals surface area contributed by atoms with Crippen LogP contribution >= 0.6 is 0 Å². The SMILES string of the molecule is CC/C([O-])=C1/C(=O)N(c2ccccc2)N=C1C.CC/C([O-])=C1/C(=O)N(c2ccccc2)N=C1C.[Cu+2]. The van der Waals surface area contributed by atoms with Crippen molar-refractivity contribution in [1.82, 2.24) is 0 Å². The normalized spacial score (nSPS) is 17.8. The first-order valence-electron chi connectivity index (χ1n) is 11.0. The monoisotopic (exact) mass is 521 g/mol. The number of hydrogen-bond acceptors (Lipinski definition) is 6. The second-order valence-corrected chi connectivity index (χ2v) is 7.58. The molecule has 0 atom stereocenters. The van der Waals surface area contributed by atoms with Gasteiger partial charge in [0.1, 0.15) is 0 Å². The molecular weight excluding hydrogens is 496 g/mol. The molecule has 0 fully saturated rings. The number of carbonyl (C=O) groups excluding carboxylic acids is 2. The molecule has 2 aromatic rings. The molecule has 2 heterocycles. The molecule has 2 aliphatic rings. The van der Waals surface area contributed by atoms with Crippen LogP contribution < -0.4 is 20.2 Å². The number of amides is 2. The summed E-state index contributed by atoms with van der Waals surface area (Å²) in [5.74, 6) is -0.981. The number of para-hydroxylation sites is 2. The van der Waals surface area contributed by atoms with E-state index in [1.807, 2.05) is 36.4 Å². The van der Waals surface area contributed by atoms with Crippen LogP contribution in [0.4, 0.5) is 11.4 Å². The second kappa shape index (κ2) is 12.1. The van der Waals surface area contributed by atoms with Gasteiger partial charge in [-0.25, -0.2) is 0 Å². The number of hydrazone groups is 2. The van der Waals surface area contributed by atoms with E-state index < -0.39 is 0 Å². The summed E-state index contributed by atoms with van der Waals surface area (Å²) in [6.07, 6.45) is 0.632. The Bertz CT molecular complexity index is 1110. The predicted octanol–water partition coefficient (Wildman–Crippen LogP) is 2.86. The third kappa shape index (κ3) is 5.88. The van der Waals surface area contributed by atoms with Gasteiger partial charge in [-0.05, 0) is 51.0 Å². The minimum Gasteiger partial charge on any atom is -0.875 e. The van der Waals surface area contributed by atoms with Gasteiger partial charge < -0.3 is 10.2 Å². The van der Waals surface area contributed by atoms with Crippen LogP contribution in [0, 0.1) is 0 Å². The van der Waals surface area contributed by atoms with Gasteiger partial charge in [-0.3, -0.25) is 9.59 Å². The van der Waals surface area contributed by atoms with Crippen LogP contribution in [-0.4, -0.2) is 23.2 Å². The summed E-state index contributed by atoms with van der Waals surface area (Å²) in [5.41, 5.74) is 2.75. The van der Waals surface area contributed by atoms with Gasteiger partial charge in [-0.15, -0.1) is 11.5 Å². The summed E-state index contributed by atoms with van der Waals surface area (Å²) in [4.78, 5) is 24.1. The summed E-state index contributed by atoms with van der Waals surface area (Å²) in [6.45, 7) is 6.84. The van der Waals surface area contributed by atoms with Crippen LogP contribution in [0.2, 0.25) is 0 Å². The van der Waals surface area contributed by atoms with Crippen LogP contribution in [-0.2, 0) is 26.7 Å². The minimum absolute atomic E-state index is 0. The van der Waals surface area contributed by atoms with Crippen molar-refractivity contribution in [2.24, 2.45) is 10.2 Å². The van der Waals surface area contributed by atoms with E-state index in [9.17, 15) is 19.8 Å².